The number of carbonyl (C=O) groups excluding carboxylic acids is 1. The van der Waals surface area contributed by atoms with Crippen molar-refractivity contribution in [2.45, 2.75) is 51.3 Å². The summed E-state index contributed by atoms with van der Waals surface area (Å²) in [7, 11) is -5.08. The van der Waals surface area contributed by atoms with Crippen molar-refractivity contribution in [1.82, 2.24) is 0 Å². The average Bonchev–Trinajstić information content (AvgIpc) is 2.77. The van der Waals surface area contributed by atoms with E-state index in [-0.39, 0.29) is 71.6 Å². The zero-order valence-corrected chi connectivity index (χ0v) is 17.1. The van der Waals surface area contributed by atoms with Crippen LogP contribution in [0, 0.1) is 17.3 Å². The number of hydrogen-bond donors (Lipinski definition) is 0. The molecule has 0 N–H and O–H groups in total. The molecule has 4 rings (SSSR count). The van der Waals surface area contributed by atoms with Gasteiger partial charge in [-0.2, -0.15) is 0 Å². The molecule has 7 heteroatoms. The van der Waals surface area contributed by atoms with Crippen LogP contribution in [0.4, 0.5) is 0 Å². The van der Waals surface area contributed by atoms with Crippen molar-refractivity contribution in [3.63, 3.8) is 0 Å². The second-order valence-corrected chi connectivity index (χ2v) is 8.23. The van der Waals surface area contributed by atoms with E-state index in [1.165, 1.54) is 6.07 Å². The van der Waals surface area contributed by atoms with Gasteiger partial charge in [-0.15, -0.1) is 0 Å². The van der Waals surface area contributed by atoms with E-state index in [2.05, 4.69) is 4.18 Å². The minimum Gasteiger partial charge on any atom is -0.716 e. The molecular weight excluding hydrogens is 351 g/mol. The molecule has 2 fully saturated rings. The fraction of sp³-hybridized carbons (Fsp3) is 0.611. The monoisotopic (exact) mass is 376 g/mol. The van der Waals surface area contributed by atoms with Crippen molar-refractivity contribution in [1.29, 1.82) is 0 Å². The van der Waals surface area contributed by atoms with Crippen LogP contribution >= 0.6 is 0 Å². The molecule has 2 saturated carbocycles. The van der Waals surface area contributed by atoms with Gasteiger partial charge < -0.3 is 8.74 Å². The summed E-state index contributed by atoms with van der Waals surface area (Å²) in [6, 6.07) is 0.903. The van der Waals surface area contributed by atoms with Gasteiger partial charge in [0.15, 0.2) is 0 Å². The molecule has 0 amide bonds. The van der Waals surface area contributed by atoms with Crippen LogP contribution in [-0.4, -0.2) is 18.8 Å². The third-order valence-corrected chi connectivity index (χ3v) is 6.48. The SMILES string of the molecule is [2H]c1cc2c(c([2H])c1OS(=O)(=O)[O-])CCC1C2CC[C@]2(C)C(=O)C([2H])([2H])CC12.[Na+]. The normalized spacial score (nSPS) is 38.0. The summed E-state index contributed by atoms with van der Waals surface area (Å²) in [6.07, 6.45) is 0.643. The summed E-state index contributed by atoms with van der Waals surface area (Å²) in [4.78, 5) is 12.7. The molecule has 0 saturated heterocycles. The average molecular weight is 376 g/mol. The predicted octanol–water partition coefficient (Wildman–Crippen LogP) is -0.0452. The van der Waals surface area contributed by atoms with Gasteiger partial charge in [0.1, 0.15) is 11.5 Å². The van der Waals surface area contributed by atoms with Crippen molar-refractivity contribution in [3.8, 4) is 5.75 Å². The quantitative estimate of drug-likeness (QED) is 0.411. The topological polar surface area (TPSA) is 83.5 Å². The third kappa shape index (κ3) is 3.32. The summed E-state index contributed by atoms with van der Waals surface area (Å²) in [5.74, 6) is -0.902. The van der Waals surface area contributed by atoms with Crippen molar-refractivity contribution < 1.29 is 57.0 Å². The van der Waals surface area contributed by atoms with Crippen LogP contribution in [0.1, 0.15) is 61.5 Å². The minimum atomic E-state index is -5.08. The molecule has 0 aliphatic heterocycles. The third-order valence-electron chi connectivity index (χ3n) is 6.11. The summed E-state index contributed by atoms with van der Waals surface area (Å²) in [5.41, 5.74) is 0.658. The maximum absolute atomic E-state index is 12.7. The van der Waals surface area contributed by atoms with Gasteiger partial charge in [-0.05, 0) is 73.1 Å². The van der Waals surface area contributed by atoms with Crippen LogP contribution in [0.15, 0.2) is 18.2 Å². The number of Topliss-reactive ketones (excluding diaryl/α,β-unsaturated/α-hetero) is 1. The Balaban J connectivity index is 0.00000240. The molecule has 130 valence electrons. The summed E-state index contributed by atoms with van der Waals surface area (Å²) >= 11 is 0. The molecule has 0 heterocycles. The van der Waals surface area contributed by atoms with E-state index >= 15 is 0 Å². The van der Waals surface area contributed by atoms with E-state index in [9.17, 15) is 17.8 Å². The number of ketones is 1. The first-order valence-corrected chi connectivity index (χ1v) is 9.52. The van der Waals surface area contributed by atoms with Gasteiger partial charge >= 0.3 is 29.6 Å². The van der Waals surface area contributed by atoms with E-state index in [1.807, 2.05) is 6.92 Å². The van der Waals surface area contributed by atoms with Gasteiger partial charge in [-0.3, -0.25) is 4.79 Å². The molecule has 1 aromatic carbocycles. The Morgan fingerprint density at radius 3 is 2.88 bits per heavy atom. The van der Waals surface area contributed by atoms with E-state index in [0.717, 1.165) is 5.56 Å². The molecule has 0 radical (unpaired) electrons. The smallest absolute Gasteiger partial charge is 0.716 e. The van der Waals surface area contributed by atoms with Gasteiger partial charge in [-0.25, -0.2) is 8.42 Å². The first-order chi connectivity index (χ1) is 12.8. The van der Waals surface area contributed by atoms with E-state index in [1.54, 1.807) is 0 Å². The Kier molecular flexibility index (Phi) is 3.89. The zero-order chi connectivity index (χ0) is 20.6. The second kappa shape index (κ2) is 6.64. The molecular formula is C18H21NaO5S. The molecule has 0 aromatic heterocycles. The van der Waals surface area contributed by atoms with Gasteiger partial charge in [0.05, 0.1) is 2.74 Å². The van der Waals surface area contributed by atoms with Crippen molar-refractivity contribution in [3.05, 3.63) is 29.3 Å². The number of fused-ring (bicyclic) bond motifs is 5. The van der Waals surface area contributed by atoms with Crippen LogP contribution in [0.25, 0.3) is 0 Å². The Labute approximate surface area is 176 Å². The molecule has 0 bridgehead atoms. The van der Waals surface area contributed by atoms with E-state index < -0.39 is 27.9 Å². The van der Waals surface area contributed by atoms with Crippen molar-refractivity contribution >= 4 is 16.2 Å². The molecule has 3 aliphatic rings. The fourth-order valence-corrected chi connectivity index (χ4v) is 5.22. The Hall–Kier alpha value is -0.400. The van der Waals surface area contributed by atoms with Crippen molar-refractivity contribution in [2.24, 2.45) is 17.3 Å². The number of hydrogen-bond acceptors (Lipinski definition) is 5. The maximum atomic E-state index is 12.7. The first-order valence-electron chi connectivity index (χ1n) is 10.2. The van der Waals surface area contributed by atoms with Crippen LogP contribution in [0.5, 0.6) is 5.75 Å². The number of benzene rings is 1. The number of rotatable bonds is 2. The molecule has 4 atom stereocenters. The maximum Gasteiger partial charge on any atom is 1.00 e. The second-order valence-electron chi connectivity index (χ2n) is 7.25. The van der Waals surface area contributed by atoms with Gasteiger partial charge in [0, 0.05) is 14.5 Å². The minimum absolute atomic E-state index is 0. The van der Waals surface area contributed by atoms with Crippen LogP contribution < -0.4 is 33.7 Å². The van der Waals surface area contributed by atoms with Gasteiger partial charge in [0.25, 0.3) is 10.4 Å². The molecule has 0 spiro atoms. The summed E-state index contributed by atoms with van der Waals surface area (Å²) in [6.45, 7) is 1.86. The molecule has 25 heavy (non-hydrogen) atoms. The van der Waals surface area contributed by atoms with Gasteiger partial charge in [-0.1, -0.05) is 13.0 Å². The predicted molar refractivity (Wildman–Crippen MR) is 86.4 cm³/mol. The Morgan fingerprint density at radius 2 is 2.16 bits per heavy atom. The van der Waals surface area contributed by atoms with Crippen LogP contribution in [-0.2, 0) is 21.6 Å². The largest absolute Gasteiger partial charge is 1.00 e. The van der Waals surface area contributed by atoms with E-state index in [4.69, 9.17) is 5.48 Å². The zero-order valence-electron chi connectivity index (χ0n) is 18.3. The van der Waals surface area contributed by atoms with Crippen LogP contribution in [0.2, 0.25) is 0 Å². The fourth-order valence-electron chi connectivity index (χ4n) is 4.93. The molecule has 3 aliphatic carbocycles. The molecule has 5 nitrogen and oxygen atoms in total. The standard InChI is InChI=1S/C18H22O5S.Na/c1-18-9-8-14-13-5-3-12(23-24(20,21)22)10-11(13)2-4-15(14)16(18)6-7-17(18)19;/h3,5,10,14-16H,2,4,6-9H2,1H3,(H,20,21,22);/q;+1/p-1/t14?,15?,16?,18-;/m0./s1/i3D,7D2,10D;. The van der Waals surface area contributed by atoms with E-state index in [0.29, 0.717) is 31.2 Å². The Morgan fingerprint density at radius 1 is 1.40 bits per heavy atom. The Bertz CT molecular complexity index is 983. The molecule has 3 unspecified atom stereocenters. The summed E-state index contributed by atoms with van der Waals surface area (Å²) < 4.78 is 69.7. The van der Waals surface area contributed by atoms with Crippen molar-refractivity contribution in [2.75, 3.05) is 0 Å². The summed E-state index contributed by atoms with van der Waals surface area (Å²) in [5, 5.41) is 0. The molecule has 1 aromatic rings. The van der Waals surface area contributed by atoms with Crippen LogP contribution in [0.3, 0.4) is 0 Å². The first kappa shape index (κ1) is 14.6. The van der Waals surface area contributed by atoms with Gasteiger partial charge in [0.2, 0.25) is 0 Å². The number of carbonyl (C=O) groups is 1.